The Kier molecular flexibility index (Phi) is 7.51. The van der Waals surface area contributed by atoms with E-state index in [0.29, 0.717) is 12.6 Å². The Hall–Kier alpha value is -0.473. The lowest BCUT2D eigenvalue weighted by atomic mass is 10.2. The van der Waals surface area contributed by atoms with Crippen LogP contribution < -0.4 is 11.1 Å². The van der Waals surface area contributed by atoms with Crippen LogP contribution in [0.3, 0.4) is 0 Å². The third kappa shape index (κ3) is 5.04. The molecule has 1 atom stereocenters. The zero-order chi connectivity index (χ0) is 12.6. The SMILES string of the molecule is CCNC(=O)CC(N)C[Si](OC)(OC)OC. The lowest BCUT2D eigenvalue weighted by molar-refractivity contribution is -0.121. The third-order valence-corrected chi connectivity index (χ3v) is 5.16. The predicted octanol–water partition coefficient (Wildman–Crippen LogP) is -0.282. The van der Waals surface area contributed by atoms with E-state index >= 15 is 0 Å². The van der Waals surface area contributed by atoms with Crippen LogP contribution in [0.15, 0.2) is 0 Å². The van der Waals surface area contributed by atoms with Crippen LogP contribution in [0, 0.1) is 0 Å². The first-order valence-electron chi connectivity index (χ1n) is 5.21. The molecule has 16 heavy (non-hydrogen) atoms. The number of nitrogens with one attached hydrogen (secondary N) is 1. The minimum atomic E-state index is -2.68. The molecule has 1 amide bonds. The van der Waals surface area contributed by atoms with Gasteiger partial charge in [-0.2, -0.15) is 0 Å². The Labute approximate surface area is 97.8 Å². The van der Waals surface area contributed by atoms with Crippen LogP contribution in [0.25, 0.3) is 0 Å². The monoisotopic (exact) mass is 250 g/mol. The van der Waals surface area contributed by atoms with Crippen molar-refractivity contribution < 1.29 is 18.1 Å². The summed E-state index contributed by atoms with van der Waals surface area (Å²) in [4.78, 5) is 11.3. The normalized spacial score (nSPS) is 13.6. The van der Waals surface area contributed by atoms with Crippen molar-refractivity contribution in [2.45, 2.75) is 25.4 Å². The molecule has 0 spiro atoms. The van der Waals surface area contributed by atoms with Gasteiger partial charge in [-0.25, -0.2) is 0 Å². The van der Waals surface area contributed by atoms with Crippen LogP contribution in [0.2, 0.25) is 6.04 Å². The molecule has 0 bridgehead atoms. The number of carbonyl (C=O) groups excluding carboxylic acids is 1. The van der Waals surface area contributed by atoms with E-state index in [0.717, 1.165) is 0 Å². The Morgan fingerprint density at radius 3 is 2.19 bits per heavy atom. The number of hydrogen-bond donors (Lipinski definition) is 2. The first-order chi connectivity index (χ1) is 7.53. The van der Waals surface area contributed by atoms with Crippen molar-refractivity contribution in [3.8, 4) is 0 Å². The molecule has 0 aromatic heterocycles. The topological polar surface area (TPSA) is 82.8 Å². The maximum absolute atomic E-state index is 11.3. The number of hydrogen-bond acceptors (Lipinski definition) is 5. The fourth-order valence-electron chi connectivity index (χ4n) is 1.40. The number of nitrogens with two attached hydrogens (primary N) is 1. The van der Waals surface area contributed by atoms with Crippen LogP contribution in [0.1, 0.15) is 13.3 Å². The molecule has 0 fully saturated rings. The van der Waals surface area contributed by atoms with E-state index in [1.54, 1.807) is 0 Å². The van der Waals surface area contributed by atoms with Gasteiger partial charge in [0.15, 0.2) is 0 Å². The second-order valence-corrected chi connectivity index (χ2v) is 6.42. The van der Waals surface area contributed by atoms with Gasteiger partial charge in [0.2, 0.25) is 5.91 Å². The molecule has 0 saturated carbocycles. The average molecular weight is 250 g/mol. The van der Waals surface area contributed by atoms with Crippen LogP contribution in [0.4, 0.5) is 0 Å². The van der Waals surface area contributed by atoms with Crippen molar-refractivity contribution in [1.82, 2.24) is 5.32 Å². The molecular weight excluding hydrogens is 228 g/mol. The molecule has 0 aromatic carbocycles. The van der Waals surface area contributed by atoms with Gasteiger partial charge in [0.25, 0.3) is 0 Å². The summed E-state index contributed by atoms with van der Waals surface area (Å²) in [6.45, 7) is 2.47. The summed E-state index contributed by atoms with van der Waals surface area (Å²) >= 11 is 0. The summed E-state index contributed by atoms with van der Waals surface area (Å²) in [5.74, 6) is -0.0683. The van der Waals surface area contributed by atoms with Crippen molar-refractivity contribution in [3.05, 3.63) is 0 Å². The molecule has 0 radical (unpaired) electrons. The van der Waals surface area contributed by atoms with Crippen molar-refractivity contribution in [2.75, 3.05) is 27.9 Å². The Bertz CT molecular complexity index is 203. The highest BCUT2D eigenvalue weighted by molar-refractivity contribution is 6.60. The van der Waals surface area contributed by atoms with E-state index in [-0.39, 0.29) is 18.4 Å². The van der Waals surface area contributed by atoms with E-state index in [1.165, 1.54) is 21.3 Å². The second-order valence-electron chi connectivity index (χ2n) is 3.42. The van der Waals surface area contributed by atoms with Crippen molar-refractivity contribution in [3.63, 3.8) is 0 Å². The quantitative estimate of drug-likeness (QED) is 0.579. The molecule has 7 heteroatoms. The van der Waals surface area contributed by atoms with Gasteiger partial charge >= 0.3 is 8.80 Å². The largest absolute Gasteiger partial charge is 0.501 e. The first kappa shape index (κ1) is 15.5. The van der Waals surface area contributed by atoms with Crippen LogP contribution in [0.5, 0.6) is 0 Å². The van der Waals surface area contributed by atoms with Crippen LogP contribution >= 0.6 is 0 Å². The van der Waals surface area contributed by atoms with Gasteiger partial charge in [0.05, 0.1) is 0 Å². The summed E-state index contributed by atoms with van der Waals surface area (Å²) < 4.78 is 15.7. The fraction of sp³-hybridized carbons (Fsp3) is 0.889. The molecule has 0 aliphatic heterocycles. The molecule has 6 nitrogen and oxygen atoms in total. The van der Waals surface area contributed by atoms with Gasteiger partial charge in [0.1, 0.15) is 0 Å². The molecule has 0 aromatic rings. The van der Waals surface area contributed by atoms with Crippen molar-refractivity contribution >= 4 is 14.7 Å². The van der Waals surface area contributed by atoms with Gasteiger partial charge in [0, 0.05) is 46.4 Å². The van der Waals surface area contributed by atoms with E-state index < -0.39 is 8.80 Å². The zero-order valence-electron chi connectivity index (χ0n) is 10.4. The summed E-state index contributed by atoms with van der Waals surface area (Å²) in [7, 11) is 1.90. The van der Waals surface area contributed by atoms with Gasteiger partial charge < -0.3 is 24.3 Å². The molecule has 1 unspecified atom stereocenters. The lowest BCUT2D eigenvalue weighted by Crippen LogP contribution is -2.48. The standard InChI is InChI=1S/C9H22N2O4Si/c1-5-11-9(12)6-8(10)7-16(13-2,14-3)15-4/h8H,5-7,10H2,1-4H3,(H,11,12). The molecule has 0 aliphatic carbocycles. The van der Waals surface area contributed by atoms with E-state index in [4.69, 9.17) is 19.0 Å². The van der Waals surface area contributed by atoms with Crippen LogP contribution in [-0.4, -0.2) is 48.6 Å². The van der Waals surface area contributed by atoms with E-state index in [2.05, 4.69) is 5.32 Å². The predicted molar refractivity (Wildman–Crippen MR) is 62.9 cm³/mol. The van der Waals surface area contributed by atoms with E-state index in [9.17, 15) is 4.79 Å². The minimum Gasteiger partial charge on any atom is -0.377 e. The van der Waals surface area contributed by atoms with Crippen molar-refractivity contribution in [1.29, 1.82) is 0 Å². The minimum absolute atomic E-state index is 0.0683. The smallest absolute Gasteiger partial charge is 0.377 e. The number of carbonyl (C=O) groups is 1. The summed E-state index contributed by atoms with van der Waals surface area (Å²) in [6, 6.07) is 0.103. The molecular formula is C9H22N2O4Si. The molecule has 0 saturated heterocycles. The summed E-state index contributed by atoms with van der Waals surface area (Å²) in [5.41, 5.74) is 5.85. The Morgan fingerprint density at radius 1 is 1.31 bits per heavy atom. The Morgan fingerprint density at radius 2 is 1.81 bits per heavy atom. The van der Waals surface area contributed by atoms with Gasteiger partial charge in [-0.3, -0.25) is 4.79 Å². The van der Waals surface area contributed by atoms with Gasteiger partial charge in [-0.1, -0.05) is 0 Å². The van der Waals surface area contributed by atoms with E-state index in [1.807, 2.05) is 6.92 Å². The third-order valence-electron chi connectivity index (χ3n) is 2.27. The molecule has 0 aliphatic rings. The first-order valence-corrected chi connectivity index (χ1v) is 7.14. The maximum Gasteiger partial charge on any atom is 0.501 e. The highest BCUT2D eigenvalue weighted by atomic mass is 28.4. The molecule has 0 heterocycles. The molecule has 0 rings (SSSR count). The average Bonchev–Trinajstić information content (AvgIpc) is 2.26. The molecule has 3 N–H and O–H groups in total. The summed E-state index contributed by atoms with van der Waals surface area (Å²) in [6.07, 6.45) is 0.249. The number of rotatable bonds is 8. The maximum atomic E-state index is 11.3. The summed E-state index contributed by atoms with van der Waals surface area (Å²) in [5, 5.41) is 2.69. The molecule has 96 valence electrons. The highest BCUT2D eigenvalue weighted by Crippen LogP contribution is 2.15. The fourth-order valence-corrected chi connectivity index (χ4v) is 3.19. The van der Waals surface area contributed by atoms with Crippen molar-refractivity contribution in [2.24, 2.45) is 5.73 Å². The highest BCUT2D eigenvalue weighted by Gasteiger charge is 2.39. The zero-order valence-corrected chi connectivity index (χ0v) is 11.4. The van der Waals surface area contributed by atoms with Gasteiger partial charge in [-0.15, -0.1) is 0 Å². The Balaban J connectivity index is 4.19. The number of amides is 1. The van der Waals surface area contributed by atoms with Gasteiger partial charge in [-0.05, 0) is 6.92 Å². The lowest BCUT2D eigenvalue weighted by Gasteiger charge is -2.26. The van der Waals surface area contributed by atoms with Crippen LogP contribution in [-0.2, 0) is 18.1 Å². The second kappa shape index (κ2) is 7.74.